The number of carbonyl (C=O) groups excluding carboxylic acids is 1. The van der Waals surface area contributed by atoms with E-state index in [4.69, 9.17) is 0 Å². The van der Waals surface area contributed by atoms with Crippen LogP contribution in [-0.2, 0) is 24.3 Å². The Bertz CT molecular complexity index is 715. The SMILES string of the molecule is Cc1ccccc1CC(=O)NCc1ccc(CN2CCC(C)CC2)cc1. The molecule has 2 aromatic carbocycles. The predicted octanol–water partition coefficient (Wildman–Crippen LogP) is 4.09. The molecule has 3 heteroatoms. The van der Waals surface area contributed by atoms with E-state index in [0.717, 1.165) is 23.6 Å². The normalized spacial score (nSPS) is 15.8. The van der Waals surface area contributed by atoms with Gasteiger partial charge in [-0.1, -0.05) is 55.5 Å². The lowest BCUT2D eigenvalue weighted by molar-refractivity contribution is -0.120. The highest BCUT2D eigenvalue weighted by atomic mass is 16.1. The van der Waals surface area contributed by atoms with Crippen molar-refractivity contribution in [1.29, 1.82) is 0 Å². The topological polar surface area (TPSA) is 32.3 Å². The van der Waals surface area contributed by atoms with Crippen molar-refractivity contribution < 1.29 is 4.79 Å². The molecule has 2 aromatic rings. The number of hydrogen-bond donors (Lipinski definition) is 1. The molecule has 0 unspecified atom stereocenters. The van der Waals surface area contributed by atoms with Gasteiger partial charge >= 0.3 is 0 Å². The van der Waals surface area contributed by atoms with E-state index in [1.165, 1.54) is 37.1 Å². The van der Waals surface area contributed by atoms with Crippen LogP contribution in [0.3, 0.4) is 0 Å². The number of nitrogens with zero attached hydrogens (tertiary/aromatic N) is 1. The first kappa shape index (κ1) is 18.7. The number of nitrogens with one attached hydrogen (secondary N) is 1. The van der Waals surface area contributed by atoms with Crippen LogP contribution in [0.2, 0.25) is 0 Å². The Morgan fingerprint density at radius 2 is 1.69 bits per heavy atom. The zero-order valence-electron chi connectivity index (χ0n) is 16.0. The molecule has 0 atom stereocenters. The third kappa shape index (κ3) is 5.43. The summed E-state index contributed by atoms with van der Waals surface area (Å²) < 4.78 is 0. The third-order valence-electron chi connectivity index (χ3n) is 5.41. The third-order valence-corrected chi connectivity index (χ3v) is 5.41. The minimum atomic E-state index is 0.0748. The largest absolute Gasteiger partial charge is 0.352 e. The van der Waals surface area contributed by atoms with Crippen molar-refractivity contribution in [2.45, 2.75) is 46.2 Å². The van der Waals surface area contributed by atoms with Crippen LogP contribution in [-0.4, -0.2) is 23.9 Å². The summed E-state index contributed by atoms with van der Waals surface area (Å²) in [5, 5.41) is 3.03. The van der Waals surface area contributed by atoms with E-state index >= 15 is 0 Å². The van der Waals surface area contributed by atoms with Crippen molar-refractivity contribution >= 4 is 5.91 Å². The highest BCUT2D eigenvalue weighted by Gasteiger charge is 2.15. The number of rotatable bonds is 6. The Labute approximate surface area is 157 Å². The number of benzene rings is 2. The monoisotopic (exact) mass is 350 g/mol. The molecule has 3 nitrogen and oxygen atoms in total. The Morgan fingerprint density at radius 3 is 2.38 bits per heavy atom. The summed E-state index contributed by atoms with van der Waals surface area (Å²) in [7, 11) is 0. The Kier molecular flexibility index (Phi) is 6.45. The summed E-state index contributed by atoms with van der Waals surface area (Å²) in [4.78, 5) is 14.7. The van der Waals surface area contributed by atoms with E-state index in [-0.39, 0.29) is 5.91 Å². The number of amides is 1. The second-order valence-corrected chi connectivity index (χ2v) is 7.66. The van der Waals surface area contributed by atoms with Crippen molar-refractivity contribution in [3.05, 3.63) is 70.8 Å². The van der Waals surface area contributed by atoms with Crippen LogP contribution in [0.1, 0.15) is 42.0 Å². The zero-order chi connectivity index (χ0) is 18.4. The molecule has 0 saturated carbocycles. The molecule has 0 radical (unpaired) electrons. The van der Waals surface area contributed by atoms with Crippen LogP contribution in [0.15, 0.2) is 48.5 Å². The first-order valence-electron chi connectivity index (χ1n) is 9.71. The molecular formula is C23H30N2O. The number of aryl methyl sites for hydroxylation is 1. The fourth-order valence-electron chi connectivity index (χ4n) is 3.49. The molecular weight excluding hydrogens is 320 g/mol. The first-order chi connectivity index (χ1) is 12.6. The lowest BCUT2D eigenvalue weighted by Gasteiger charge is -2.30. The van der Waals surface area contributed by atoms with Gasteiger partial charge in [-0.25, -0.2) is 0 Å². The molecule has 0 spiro atoms. The summed E-state index contributed by atoms with van der Waals surface area (Å²) in [6.07, 6.45) is 3.06. The lowest BCUT2D eigenvalue weighted by atomic mass is 9.99. The molecule has 1 aliphatic rings. The van der Waals surface area contributed by atoms with Crippen molar-refractivity contribution in [1.82, 2.24) is 10.2 Å². The first-order valence-corrected chi connectivity index (χ1v) is 9.71. The van der Waals surface area contributed by atoms with E-state index in [0.29, 0.717) is 13.0 Å². The number of likely N-dealkylation sites (tertiary alicyclic amines) is 1. The van der Waals surface area contributed by atoms with E-state index in [2.05, 4.69) is 41.4 Å². The van der Waals surface area contributed by atoms with E-state index in [1.54, 1.807) is 0 Å². The van der Waals surface area contributed by atoms with Gasteiger partial charge in [0.05, 0.1) is 6.42 Å². The van der Waals surface area contributed by atoms with Gasteiger partial charge in [-0.05, 0) is 61.0 Å². The highest BCUT2D eigenvalue weighted by Crippen LogP contribution is 2.18. The number of carbonyl (C=O) groups is 1. The van der Waals surface area contributed by atoms with Gasteiger partial charge in [-0.15, -0.1) is 0 Å². The number of hydrogen-bond acceptors (Lipinski definition) is 2. The molecule has 138 valence electrons. The van der Waals surface area contributed by atoms with E-state index < -0.39 is 0 Å². The van der Waals surface area contributed by atoms with Crippen LogP contribution >= 0.6 is 0 Å². The van der Waals surface area contributed by atoms with Gasteiger partial charge in [0.25, 0.3) is 0 Å². The molecule has 0 aromatic heterocycles. The minimum Gasteiger partial charge on any atom is -0.352 e. The molecule has 1 N–H and O–H groups in total. The second-order valence-electron chi connectivity index (χ2n) is 7.66. The summed E-state index contributed by atoms with van der Waals surface area (Å²) in [5.74, 6) is 0.947. The molecule has 1 amide bonds. The molecule has 1 aliphatic heterocycles. The van der Waals surface area contributed by atoms with Crippen molar-refractivity contribution in [3.63, 3.8) is 0 Å². The van der Waals surface area contributed by atoms with E-state index in [1.807, 2.05) is 31.2 Å². The van der Waals surface area contributed by atoms with Gasteiger partial charge in [0.2, 0.25) is 5.91 Å². The average Bonchev–Trinajstić information content (AvgIpc) is 2.65. The molecule has 1 heterocycles. The molecule has 1 saturated heterocycles. The van der Waals surface area contributed by atoms with Crippen molar-refractivity contribution in [2.24, 2.45) is 5.92 Å². The molecule has 1 fully saturated rings. The lowest BCUT2D eigenvalue weighted by Crippen LogP contribution is -2.32. The standard InChI is InChI=1S/C23H30N2O/c1-18-11-13-25(14-12-18)17-21-9-7-20(8-10-21)16-24-23(26)15-22-6-4-3-5-19(22)2/h3-10,18H,11-17H2,1-2H3,(H,24,26). The van der Waals surface area contributed by atoms with Crippen molar-refractivity contribution in [2.75, 3.05) is 13.1 Å². The summed E-state index contributed by atoms with van der Waals surface area (Å²) in [5.41, 5.74) is 4.77. The van der Waals surface area contributed by atoms with E-state index in [9.17, 15) is 4.79 Å². The second kappa shape index (κ2) is 9.00. The van der Waals surface area contributed by atoms with Crippen molar-refractivity contribution in [3.8, 4) is 0 Å². The fraction of sp³-hybridized carbons (Fsp3) is 0.435. The Hall–Kier alpha value is -2.13. The van der Waals surface area contributed by atoms with Gasteiger partial charge in [-0.2, -0.15) is 0 Å². The van der Waals surface area contributed by atoms with Gasteiger partial charge in [0, 0.05) is 13.1 Å². The fourth-order valence-corrected chi connectivity index (χ4v) is 3.49. The molecule has 26 heavy (non-hydrogen) atoms. The van der Waals surface area contributed by atoms with Crippen LogP contribution in [0, 0.1) is 12.8 Å². The zero-order valence-corrected chi connectivity index (χ0v) is 16.0. The maximum absolute atomic E-state index is 12.2. The quantitative estimate of drug-likeness (QED) is 0.851. The summed E-state index contributed by atoms with van der Waals surface area (Å²) >= 11 is 0. The van der Waals surface area contributed by atoms with Crippen LogP contribution in [0.5, 0.6) is 0 Å². The van der Waals surface area contributed by atoms with Gasteiger partial charge in [0.15, 0.2) is 0 Å². The smallest absolute Gasteiger partial charge is 0.224 e. The number of piperidine rings is 1. The minimum absolute atomic E-state index is 0.0748. The van der Waals surface area contributed by atoms with Crippen LogP contribution < -0.4 is 5.32 Å². The molecule has 3 rings (SSSR count). The Morgan fingerprint density at radius 1 is 1.04 bits per heavy atom. The van der Waals surface area contributed by atoms with Gasteiger partial charge < -0.3 is 5.32 Å². The van der Waals surface area contributed by atoms with Gasteiger partial charge in [0.1, 0.15) is 0 Å². The maximum Gasteiger partial charge on any atom is 0.224 e. The van der Waals surface area contributed by atoms with Crippen LogP contribution in [0.25, 0.3) is 0 Å². The average molecular weight is 351 g/mol. The predicted molar refractivity (Wildman–Crippen MR) is 107 cm³/mol. The van der Waals surface area contributed by atoms with Gasteiger partial charge in [-0.3, -0.25) is 9.69 Å². The summed E-state index contributed by atoms with van der Waals surface area (Å²) in [6, 6.07) is 16.7. The summed E-state index contributed by atoms with van der Waals surface area (Å²) in [6.45, 7) is 8.43. The molecule has 0 aliphatic carbocycles. The Balaban J connectivity index is 1.45. The maximum atomic E-state index is 12.2. The highest BCUT2D eigenvalue weighted by molar-refractivity contribution is 5.78. The molecule has 0 bridgehead atoms. The van der Waals surface area contributed by atoms with Crippen LogP contribution in [0.4, 0.5) is 0 Å².